The van der Waals surface area contributed by atoms with Gasteiger partial charge in [0.25, 0.3) is 0 Å². The Kier molecular flexibility index (Phi) is 8.62. The van der Waals surface area contributed by atoms with Gasteiger partial charge >= 0.3 is 0 Å². The number of aromatic amines is 2. The highest BCUT2D eigenvalue weighted by Gasteiger charge is 2.00. The van der Waals surface area contributed by atoms with E-state index in [0.29, 0.717) is 12.2 Å². The highest BCUT2D eigenvalue weighted by molar-refractivity contribution is 5.77. The van der Waals surface area contributed by atoms with Gasteiger partial charge in [0.05, 0.1) is 0 Å². The van der Waals surface area contributed by atoms with Crippen molar-refractivity contribution in [1.82, 2.24) is 9.97 Å². The number of benzene rings is 2. The average molecular weight is 346 g/mol. The van der Waals surface area contributed by atoms with E-state index in [1.54, 1.807) is 6.07 Å². The van der Waals surface area contributed by atoms with Gasteiger partial charge in [-0.15, -0.1) is 0 Å². The number of H-pyrrole nitrogens is 2. The minimum absolute atomic E-state index is 0.416. The molecule has 0 saturated heterocycles. The van der Waals surface area contributed by atoms with Crippen LogP contribution in [0.3, 0.4) is 0 Å². The van der Waals surface area contributed by atoms with Crippen LogP contribution >= 0.6 is 0 Å². The van der Waals surface area contributed by atoms with Crippen molar-refractivity contribution < 1.29 is 9.53 Å². The number of carbonyl (C=O) groups is 1. The Morgan fingerprint density at radius 2 is 1.23 bits per heavy atom. The first-order valence-corrected chi connectivity index (χ1v) is 8.26. The van der Waals surface area contributed by atoms with Gasteiger partial charge in [-0.1, -0.05) is 42.5 Å². The van der Waals surface area contributed by atoms with Gasteiger partial charge in [0, 0.05) is 30.4 Å². The quantitative estimate of drug-likeness (QED) is 0.505. The second-order valence-corrected chi connectivity index (χ2v) is 5.19. The highest BCUT2D eigenvalue weighted by atomic mass is 16.5. The van der Waals surface area contributed by atoms with Crippen molar-refractivity contribution in [3.8, 4) is 5.75 Å². The molecule has 0 aliphatic rings. The fourth-order valence-corrected chi connectivity index (χ4v) is 2.01. The van der Waals surface area contributed by atoms with Crippen LogP contribution in [-0.4, -0.2) is 16.3 Å². The standard InChI is InChI=1S/C14H12O2.2C4H5N/c15-10-12-6-4-5-7-13(12)11-16-14-8-2-1-3-9-14;2*1-2-4-5-3-1/h1-10H,11H2;2*1-5H. The van der Waals surface area contributed by atoms with Crippen LogP contribution in [-0.2, 0) is 6.61 Å². The molecule has 0 amide bonds. The molecule has 2 aromatic carbocycles. The van der Waals surface area contributed by atoms with E-state index < -0.39 is 0 Å². The lowest BCUT2D eigenvalue weighted by molar-refractivity contribution is 0.112. The maximum absolute atomic E-state index is 10.8. The van der Waals surface area contributed by atoms with Crippen molar-refractivity contribution in [2.75, 3.05) is 0 Å². The van der Waals surface area contributed by atoms with Crippen LogP contribution in [0.1, 0.15) is 15.9 Å². The zero-order valence-electron chi connectivity index (χ0n) is 14.4. The summed E-state index contributed by atoms with van der Waals surface area (Å²) in [6.07, 6.45) is 8.35. The number of rotatable bonds is 4. The summed E-state index contributed by atoms with van der Waals surface area (Å²) >= 11 is 0. The number of aldehydes is 1. The monoisotopic (exact) mass is 346 g/mol. The van der Waals surface area contributed by atoms with Gasteiger partial charge in [-0.3, -0.25) is 4.79 Å². The third-order valence-electron chi connectivity index (χ3n) is 3.31. The molecule has 0 atom stereocenters. The van der Waals surface area contributed by atoms with Gasteiger partial charge in [0.15, 0.2) is 0 Å². The predicted octanol–water partition coefficient (Wildman–Crippen LogP) is 5.11. The smallest absolute Gasteiger partial charge is 0.150 e. The molecule has 2 aromatic heterocycles. The number of aromatic nitrogens is 2. The zero-order chi connectivity index (χ0) is 18.3. The minimum atomic E-state index is 0.416. The molecule has 0 spiro atoms. The molecule has 2 heterocycles. The maximum atomic E-state index is 10.8. The van der Waals surface area contributed by atoms with Crippen molar-refractivity contribution in [2.24, 2.45) is 0 Å². The molecule has 26 heavy (non-hydrogen) atoms. The van der Waals surface area contributed by atoms with Gasteiger partial charge in [0.1, 0.15) is 18.6 Å². The largest absolute Gasteiger partial charge is 0.489 e. The van der Waals surface area contributed by atoms with E-state index in [1.807, 2.05) is 97.6 Å². The van der Waals surface area contributed by atoms with Gasteiger partial charge in [-0.25, -0.2) is 0 Å². The first-order chi connectivity index (χ1) is 12.9. The first kappa shape index (κ1) is 18.8. The van der Waals surface area contributed by atoms with E-state index in [0.717, 1.165) is 17.6 Å². The van der Waals surface area contributed by atoms with Crippen molar-refractivity contribution in [3.63, 3.8) is 0 Å². The molecule has 0 aliphatic heterocycles. The van der Waals surface area contributed by atoms with Crippen molar-refractivity contribution in [1.29, 1.82) is 0 Å². The fraction of sp³-hybridized carbons (Fsp3) is 0.0455. The Balaban J connectivity index is 0.000000196. The SMILES string of the molecule is O=Cc1ccccc1COc1ccccc1.c1cc[nH]c1.c1cc[nH]c1. The van der Waals surface area contributed by atoms with Crippen molar-refractivity contribution in [3.05, 3.63) is 115 Å². The second kappa shape index (κ2) is 11.9. The van der Waals surface area contributed by atoms with Crippen molar-refractivity contribution >= 4 is 6.29 Å². The molecule has 4 nitrogen and oxygen atoms in total. The lowest BCUT2D eigenvalue weighted by atomic mass is 10.1. The summed E-state index contributed by atoms with van der Waals surface area (Å²) in [7, 11) is 0. The average Bonchev–Trinajstić information content (AvgIpc) is 3.46. The molecule has 4 heteroatoms. The van der Waals surface area contributed by atoms with Crippen LogP contribution in [0.4, 0.5) is 0 Å². The number of ether oxygens (including phenoxy) is 1. The second-order valence-electron chi connectivity index (χ2n) is 5.19. The number of hydrogen-bond acceptors (Lipinski definition) is 2. The van der Waals surface area contributed by atoms with Gasteiger partial charge in [-0.05, 0) is 42.0 Å². The molecular weight excluding hydrogens is 324 g/mol. The molecule has 2 N–H and O–H groups in total. The summed E-state index contributed by atoms with van der Waals surface area (Å²) in [6.45, 7) is 0.416. The fourth-order valence-electron chi connectivity index (χ4n) is 2.01. The van der Waals surface area contributed by atoms with E-state index in [4.69, 9.17) is 4.74 Å². The Hall–Kier alpha value is -3.53. The van der Waals surface area contributed by atoms with Gasteiger partial charge < -0.3 is 14.7 Å². The number of hydrogen-bond donors (Lipinski definition) is 2. The lowest BCUT2D eigenvalue weighted by Crippen LogP contribution is -1.99. The van der Waals surface area contributed by atoms with E-state index in [-0.39, 0.29) is 0 Å². The number of para-hydroxylation sites is 1. The summed E-state index contributed by atoms with van der Waals surface area (Å²) < 4.78 is 5.58. The first-order valence-electron chi connectivity index (χ1n) is 8.26. The van der Waals surface area contributed by atoms with Crippen molar-refractivity contribution in [2.45, 2.75) is 6.61 Å². The Bertz CT molecular complexity index is 750. The molecule has 0 saturated carbocycles. The van der Waals surface area contributed by atoms with Gasteiger partial charge in [0.2, 0.25) is 0 Å². The Morgan fingerprint density at radius 1 is 0.692 bits per heavy atom. The molecule has 0 bridgehead atoms. The third kappa shape index (κ3) is 7.36. The molecule has 0 aliphatic carbocycles. The maximum Gasteiger partial charge on any atom is 0.150 e. The van der Waals surface area contributed by atoms with Gasteiger partial charge in [-0.2, -0.15) is 0 Å². The zero-order valence-corrected chi connectivity index (χ0v) is 14.4. The predicted molar refractivity (Wildman–Crippen MR) is 104 cm³/mol. The third-order valence-corrected chi connectivity index (χ3v) is 3.31. The Morgan fingerprint density at radius 3 is 1.73 bits per heavy atom. The summed E-state index contributed by atoms with van der Waals surface area (Å²) in [6, 6.07) is 24.8. The molecular formula is C22H22N2O2. The highest BCUT2D eigenvalue weighted by Crippen LogP contribution is 2.13. The van der Waals surface area contributed by atoms with E-state index in [2.05, 4.69) is 9.97 Å². The normalized spacial score (nSPS) is 9.08. The number of nitrogens with one attached hydrogen (secondary N) is 2. The minimum Gasteiger partial charge on any atom is -0.489 e. The van der Waals surface area contributed by atoms with Crippen LogP contribution in [0.2, 0.25) is 0 Å². The van der Waals surface area contributed by atoms with Crippen LogP contribution < -0.4 is 4.74 Å². The van der Waals surface area contributed by atoms with Crippen LogP contribution in [0.25, 0.3) is 0 Å². The summed E-state index contributed by atoms with van der Waals surface area (Å²) in [5.41, 5.74) is 1.58. The van der Waals surface area contributed by atoms with E-state index in [1.165, 1.54) is 0 Å². The molecule has 0 fully saturated rings. The molecule has 4 rings (SSSR count). The van der Waals surface area contributed by atoms with E-state index >= 15 is 0 Å². The molecule has 4 aromatic rings. The molecule has 0 unspecified atom stereocenters. The Labute approximate surface area is 153 Å². The topological polar surface area (TPSA) is 57.9 Å². The number of carbonyl (C=O) groups excluding carboxylic acids is 1. The van der Waals surface area contributed by atoms with Crippen LogP contribution in [0.15, 0.2) is 104 Å². The summed E-state index contributed by atoms with van der Waals surface area (Å²) in [5, 5.41) is 0. The van der Waals surface area contributed by atoms with Crippen LogP contribution in [0.5, 0.6) is 5.75 Å². The van der Waals surface area contributed by atoms with E-state index in [9.17, 15) is 4.79 Å². The molecule has 132 valence electrons. The molecule has 0 radical (unpaired) electrons. The lowest BCUT2D eigenvalue weighted by Gasteiger charge is -2.07. The summed E-state index contributed by atoms with van der Waals surface area (Å²) in [5.74, 6) is 0.809. The summed E-state index contributed by atoms with van der Waals surface area (Å²) in [4.78, 5) is 16.5. The van der Waals surface area contributed by atoms with Crippen LogP contribution in [0, 0.1) is 0 Å².